The van der Waals surface area contributed by atoms with E-state index in [-0.39, 0.29) is 0 Å². The molecule has 0 saturated heterocycles. The molecule has 0 radical (unpaired) electrons. The summed E-state index contributed by atoms with van der Waals surface area (Å²) in [6.45, 7) is 7.56. The maximum atomic E-state index is 6.04. The highest BCUT2D eigenvalue weighted by atomic mass is 35.5. The Morgan fingerprint density at radius 3 is 2.59 bits per heavy atom. The van der Waals surface area contributed by atoms with E-state index in [2.05, 4.69) is 26.1 Å². The van der Waals surface area contributed by atoms with Crippen LogP contribution < -0.4 is 10.1 Å². The number of halogens is 1. The fourth-order valence-corrected chi connectivity index (χ4v) is 2.14. The van der Waals surface area contributed by atoms with Gasteiger partial charge in [-0.15, -0.1) is 0 Å². The lowest BCUT2D eigenvalue weighted by atomic mass is 9.96. The van der Waals surface area contributed by atoms with Gasteiger partial charge in [0.1, 0.15) is 5.75 Å². The van der Waals surface area contributed by atoms with Crippen molar-refractivity contribution in [1.82, 2.24) is 5.32 Å². The summed E-state index contributed by atoms with van der Waals surface area (Å²) in [5.41, 5.74) is 1.17. The first-order valence-corrected chi connectivity index (χ1v) is 6.52. The Morgan fingerprint density at radius 1 is 1.35 bits per heavy atom. The molecule has 1 atom stereocenters. The van der Waals surface area contributed by atoms with E-state index in [1.165, 1.54) is 5.56 Å². The highest BCUT2D eigenvalue weighted by Gasteiger charge is 2.15. The average Bonchev–Trinajstić information content (AvgIpc) is 2.28. The summed E-state index contributed by atoms with van der Waals surface area (Å²) >= 11 is 6.04. The zero-order chi connectivity index (χ0) is 12.8. The summed E-state index contributed by atoms with van der Waals surface area (Å²) < 4.78 is 5.37. The van der Waals surface area contributed by atoms with Crippen LogP contribution in [-0.4, -0.2) is 19.7 Å². The minimum Gasteiger partial charge on any atom is -0.496 e. The number of hydrogen-bond donors (Lipinski definition) is 1. The molecular weight excluding hydrogens is 234 g/mol. The molecule has 0 saturated carbocycles. The Kier molecular flexibility index (Phi) is 5.79. The molecule has 0 bridgehead atoms. The molecule has 0 aromatic heterocycles. The number of ether oxygens (including phenoxy) is 1. The fraction of sp³-hybridized carbons (Fsp3) is 0.571. The second-order valence-electron chi connectivity index (χ2n) is 4.57. The van der Waals surface area contributed by atoms with Crippen LogP contribution in [0.2, 0.25) is 5.02 Å². The second-order valence-corrected chi connectivity index (χ2v) is 5.00. The predicted molar refractivity (Wildman–Crippen MR) is 74.0 cm³/mol. The minimum atomic E-state index is 0.451. The van der Waals surface area contributed by atoms with Crippen molar-refractivity contribution < 1.29 is 4.74 Å². The van der Waals surface area contributed by atoms with Crippen molar-refractivity contribution >= 4 is 11.6 Å². The van der Waals surface area contributed by atoms with E-state index in [0.717, 1.165) is 23.7 Å². The van der Waals surface area contributed by atoms with Crippen LogP contribution in [0.25, 0.3) is 0 Å². The van der Waals surface area contributed by atoms with Gasteiger partial charge in [0.05, 0.1) is 7.11 Å². The Labute approximate surface area is 109 Å². The normalized spacial score (nSPS) is 12.8. The van der Waals surface area contributed by atoms with E-state index < -0.39 is 0 Å². The number of likely N-dealkylation sites (N-methyl/N-ethyl adjacent to an activating group) is 1. The molecule has 96 valence electrons. The fourth-order valence-electron chi connectivity index (χ4n) is 1.95. The highest BCUT2D eigenvalue weighted by Crippen LogP contribution is 2.25. The van der Waals surface area contributed by atoms with Crippen molar-refractivity contribution in [2.24, 2.45) is 5.92 Å². The lowest BCUT2D eigenvalue weighted by molar-refractivity contribution is 0.383. The molecule has 1 unspecified atom stereocenters. The molecule has 1 N–H and O–H groups in total. The van der Waals surface area contributed by atoms with Gasteiger partial charge in [0.25, 0.3) is 0 Å². The third kappa shape index (κ3) is 4.21. The van der Waals surface area contributed by atoms with E-state index in [0.29, 0.717) is 12.0 Å². The van der Waals surface area contributed by atoms with E-state index in [1.54, 1.807) is 7.11 Å². The maximum absolute atomic E-state index is 6.04. The molecule has 0 fully saturated rings. The molecule has 1 aromatic rings. The molecule has 1 aromatic carbocycles. The number of nitrogens with one attached hydrogen (secondary N) is 1. The summed E-state index contributed by atoms with van der Waals surface area (Å²) in [6.07, 6.45) is 0.940. The van der Waals surface area contributed by atoms with Gasteiger partial charge in [-0.3, -0.25) is 0 Å². The van der Waals surface area contributed by atoms with Gasteiger partial charge in [0.2, 0.25) is 0 Å². The van der Waals surface area contributed by atoms with Crippen LogP contribution in [0.5, 0.6) is 5.75 Å². The third-order valence-electron chi connectivity index (χ3n) is 2.95. The summed E-state index contributed by atoms with van der Waals surface area (Å²) in [5, 5.41) is 4.27. The molecule has 0 heterocycles. The second kappa shape index (κ2) is 6.87. The summed E-state index contributed by atoms with van der Waals surface area (Å²) in [7, 11) is 1.70. The van der Waals surface area contributed by atoms with Crippen LogP contribution in [0.1, 0.15) is 26.3 Å². The monoisotopic (exact) mass is 255 g/mol. The van der Waals surface area contributed by atoms with Gasteiger partial charge >= 0.3 is 0 Å². The van der Waals surface area contributed by atoms with E-state index in [1.807, 2.05) is 18.2 Å². The Bertz CT molecular complexity index is 352. The minimum absolute atomic E-state index is 0.451. The average molecular weight is 256 g/mol. The van der Waals surface area contributed by atoms with Gasteiger partial charge in [-0.05, 0) is 42.6 Å². The first-order chi connectivity index (χ1) is 8.08. The van der Waals surface area contributed by atoms with Crippen LogP contribution in [0, 0.1) is 5.92 Å². The van der Waals surface area contributed by atoms with Crippen molar-refractivity contribution in [3.8, 4) is 5.75 Å². The van der Waals surface area contributed by atoms with Crippen LogP contribution in [0.4, 0.5) is 0 Å². The zero-order valence-corrected chi connectivity index (χ0v) is 11.8. The largest absolute Gasteiger partial charge is 0.496 e. The molecule has 2 nitrogen and oxygen atoms in total. The molecular formula is C14H22ClNO. The first-order valence-electron chi connectivity index (χ1n) is 6.14. The van der Waals surface area contributed by atoms with E-state index >= 15 is 0 Å². The molecule has 17 heavy (non-hydrogen) atoms. The summed E-state index contributed by atoms with van der Waals surface area (Å²) in [6, 6.07) is 6.24. The van der Waals surface area contributed by atoms with Gasteiger partial charge in [-0.2, -0.15) is 0 Å². The van der Waals surface area contributed by atoms with Crippen molar-refractivity contribution in [1.29, 1.82) is 0 Å². The van der Waals surface area contributed by atoms with Crippen LogP contribution in [0.15, 0.2) is 18.2 Å². The Balaban J connectivity index is 2.87. The molecule has 0 amide bonds. The van der Waals surface area contributed by atoms with Gasteiger partial charge in [0, 0.05) is 11.1 Å². The Hall–Kier alpha value is -0.730. The smallest absolute Gasteiger partial charge is 0.122 e. The molecule has 0 spiro atoms. The molecule has 3 heteroatoms. The Morgan fingerprint density at radius 2 is 2.06 bits per heavy atom. The topological polar surface area (TPSA) is 21.3 Å². The first kappa shape index (κ1) is 14.3. The van der Waals surface area contributed by atoms with Crippen LogP contribution >= 0.6 is 11.6 Å². The number of hydrogen-bond acceptors (Lipinski definition) is 2. The van der Waals surface area contributed by atoms with Crippen molar-refractivity contribution in [3.63, 3.8) is 0 Å². The standard InChI is InChI=1S/C14H22ClNO/c1-5-16-13(10(2)3)9-11-8-12(15)6-7-14(11)17-4/h6-8,10,13,16H,5,9H2,1-4H3. The van der Waals surface area contributed by atoms with Gasteiger partial charge in [-0.25, -0.2) is 0 Å². The van der Waals surface area contributed by atoms with E-state index in [9.17, 15) is 0 Å². The number of methoxy groups -OCH3 is 1. The predicted octanol–water partition coefficient (Wildman–Crippen LogP) is 3.53. The van der Waals surface area contributed by atoms with Crippen LogP contribution in [-0.2, 0) is 6.42 Å². The molecule has 1 rings (SSSR count). The maximum Gasteiger partial charge on any atom is 0.122 e. The highest BCUT2D eigenvalue weighted by molar-refractivity contribution is 6.30. The lowest BCUT2D eigenvalue weighted by Gasteiger charge is -2.23. The summed E-state index contributed by atoms with van der Waals surface area (Å²) in [4.78, 5) is 0. The van der Waals surface area contributed by atoms with Gasteiger partial charge in [0.15, 0.2) is 0 Å². The molecule has 0 aliphatic carbocycles. The SMILES string of the molecule is CCNC(Cc1cc(Cl)ccc1OC)C(C)C. The zero-order valence-electron chi connectivity index (χ0n) is 11.1. The number of rotatable bonds is 6. The van der Waals surface area contributed by atoms with E-state index in [4.69, 9.17) is 16.3 Å². The summed E-state index contributed by atoms with van der Waals surface area (Å²) in [5.74, 6) is 1.50. The van der Waals surface area contributed by atoms with Crippen molar-refractivity contribution in [3.05, 3.63) is 28.8 Å². The third-order valence-corrected chi connectivity index (χ3v) is 3.19. The lowest BCUT2D eigenvalue weighted by Crippen LogP contribution is -2.35. The van der Waals surface area contributed by atoms with Gasteiger partial charge < -0.3 is 10.1 Å². The van der Waals surface area contributed by atoms with Gasteiger partial charge in [-0.1, -0.05) is 32.4 Å². The quantitative estimate of drug-likeness (QED) is 0.840. The van der Waals surface area contributed by atoms with Crippen molar-refractivity contribution in [2.75, 3.05) is 13.7 Å². The van der Waals surface area contributed by atoms with Crippen LogP contribution in [0.3, 0.4) is 0 Å². The van der Waals surface area contributed by atoms with Crippen molar-refractivity contribution in [2.45, 2.75) is 33.2 Å². The molecule has 0 aliphatic rings. The molecule has 0 aliphatic heterocycles. The number of benzene rings is 1.